The lowest BCUT2D eigenvalue weighted by atomic mass is 9.75. The molecule has 0 aromatic heterocycles. The average Bonchev–Trinajstić information content (AvgIpc) is 3.52. The molecule has 3 fully saturated rings. The second-order valence-electron chi connectivity index (χ2n) is 8.84. The Kier molecular flexibility index (Phi) is 4.25. The second-order valence-corrected chi connectivity index (χ2v) is 9.27. The van der Waals surface area contributed by atoms with Crippen molar-refractivity contribution in [1.82, 2.24) is 4.90 Å². The molecule has 0 aliphatic carbocycles. The van der Waals surface area contributed by atoms with Crippen LogP contribution in [0.1, 0.15) is 28.8 Å². The van der Waals surface area contributed by atoms with Gasteiger partial charge in [0.25, 0.3) is 0 Å². The van der Waals surface area contributed by atoms with Gasteiger partial charge in [-0.1, -0.05) is 23.7 Å². The molecule has 0 radical (unpaired) electrons. The van der Waals surface area contributed by atoms with Crippen molar-refractivity contribution in [1.29, 1.82) is 0 Å². The van der Waals surface area contributed by atoms with E-state index in [2.05, 4.69) is 5.32 Å². The van der Waals surface area contributed by atoms with Crippen molar-refractivity contribution in [3.8, 4) is 0 Å². The third-order valence-electron chi connectivity index (χ3n) is 7.50. The number of nitrogens with one attached hydrogen (secondary N) is 1. The molecule has 9 heteroatoms. The fourth-order valence-corrected chi connectivity index (χ4v) is 6.54. The largest absolute Gasteiger partial charge is 0.465 e. The lowest BCUT2D eigenvalue weighted by molar-refractivity contribution is -0.135. The van der Waals surface area contributed by atoms with Gasteiger partial charge in [0.1, 0.15) is 5.54 Å². The number of benzene rings is 2. The van der Waals surface area contributed by atoms with E-state index in [1.807, 2.05) is 4.90 Å². The van der Waals surface area contributed by atoms with E-state index in [1.165, 1.54) is 13.2 Å². The van der Waals surface area contributed by atoms with Crippen molar-refractivity contribution in [2.24, 2.45) is 11.8 Å². The first-order valence-corrected chi connectivity index (χ1v) is 11.2. The summed E-state index contributed by atoms with van der Waals surface area (Å²) in [4.78, 5) is 56.9. The number of halogens is 1. The molecule has 33 heavy (non-hydrogen) atoms. The number of anilines is 2. The van der Waals surface area contributed by atoms with Gasteiger partial charge in [0.2, 0.25) is 17.7 Å². The maximum atomic E-state index is 14.0. The van der Waals surface area contributed by atoms with Gasteiger partial charge in [-0.15, -0.1) is 0 Å². The maximum absolute atomic E-state index is 14.0. The Labute approximate surface area is 194 Å². The number of rotatable bonds is 2. The lowest BCUT2D eigenvalue weighted by Crippen LogP contribution is -2.54. The Balaban J connectivity index is 1.55. The number of imide groups is 1. The van der Waals surface area contributed by atoms with Gasteiger partial charge >= 0.3 is 5.97 Å². The summed E-state index contributed by atoms with van der Waals surface area (Å²) in [6.07, 6.45) is 1.52. The number of carbonyl (C=O) groups excluding carboxylic acids is 4. The third kappa shape index (κ3) is 2.40. The predicted octanol–water partition coefficient (Wildman–Crippen LogP) is 2.56. The van der Waals surface area contributed by atoms with Gasteiger partial charge in [0.15, 0.2) is 0 Å². The zero-order chi connectivity index (χ0) is 23.1. The fourth-order valence-electron chi connectivity index (χ4n) is 6.36. The molecule has 0 saturated carbocycles. The van der Waals surface area contributed by atoms with E-state index in [1.54, 1.807) is 36.4 Å². The van der Waals surface area contributed by atoms with E-state index < -0.39 is 35.2 Å². The van der Waals surface area contributed by atoms with Gasteiger partial charge in [-0.2, -0.15) is 0 Å². The summed E-state index contributed by atoms with van der Waals surface area (Å²) in [6.45, 7) is 0.607. The summed E-state index contributed by atoms with van der Waals surface area (Å²) in [7, 11) is 1.25. The molecule has 8 nitrogen and oxygen atoms in total. The SMILES string of the molecule is COC(=O)c1ccccc1N1C(=O)[C@@H]2[C@@H]3CCCN3[C@]3(C(=O)Nc4ccc(Cl)cc43)[C@H]2C1=O. The third-order valence-corrected chi connectivity index (χ3v) is 7.74. The normalized spacial score (nSPS) is 29.9. The average molecular weight is 466 g/mol. The molecule has 3 amide bonds. The summed E-state index contributed by atoms with van der Waals surface area (Å²) < 4.78 is 4.87. The highest BCUT2D eigenvalue weighted by Gasteiger charge is 2.74. The van der Waals surface area contributed by atoms with Crippen molar-refractivity contribution >= 4 is 46.7 Å². The van der Waals surface area contributed by atoms with Crippen LogP contribution in [0.25, 0.3) is 0 Å². The molecule has 168 valence electrons. The molecule has 4 atom stereocenters. The van der Waals surface area contributed by atoms with Crippen LogP contribution in [0.4, 0.5) is 11.4 Å². The molecule has 2 aromatic carbocycles. The first-order valence-electron chi connectivity index (χ1n) is 10.8. The fraction of sp³-hybridized carbons (Fsp3) is 0.333. The topological polar surface area (TPSA) is 96.0 Å². The molecule has 3 saturated heterocycles. The molecular weight excluding hydrogens is 446 g/mol. The first-order chi connectivity index (χ1) is 15.9. The summed E-state index contributed by atoms with van der Waals surface area (Å²) in [5, 5.41) is 3.37. The van der Waals surface area contributed by atoms with E-state index in [4.69, 9.17) is 16.3 Å². The summed E-state index contributed by atoms with van der Waals surface area (Å²) >= 11 is 6.31. The van der Waals surface area contributed by atoms with Crippen LogP contribution in [0.5, 0.6) is 0 Å². The minimum atomic E-state index is -1.31. The van der Waals surface area contributed by atoms with E-state index in [0.717, 1.165) is 11.3 Å². The van der Waals surface area contributed by atoms with Gasteiger partial charge < -0.3 is 10.1 Å². The number of nitrogens with zero attached hydrogens (tertiary/aromatic N) is 2. The summed E-state index contributed by atoms with van der Waals surface area (Å²) in [5.41, 5.74) is 0.220. The zero-order valence-corrected chi connectivity index (χ0v) is 18.5. The standard InChI is InChI=1S/C24H20ClN3O5/c1-33-22(31)13-5-2-3-6-16(13)28-20(29)18-17-7-4-10-27(17)24(19(18)21(28)30)14-11-12(25)8-9-15(14)26-23(24)32/h2-3,5-6,8-9,11,17-19H,4,7,10H2,1H3,(H,26,32)/t17-,18+,19+,24-/m0/s1. The van der Waals surface area contributed by atoms with Crippen LogP contribution in [-0.4, -0.2) is 48.3 Å². The van der Waals surface area contributed by atoms with Gasteiger partial charge in [0, 0.05) is 22.3 Å². The molecule has 4 heterocycles. The highest BCUT2D eigenvalue weighted by atomic mass is 35.5. The first kappa shape index (κ1) is 20.4. The molecule has 1 N–H and O–H groups in total. The van der Waals surface area contributed by atoms with Gasteiger partial charge in [0.05, 0.1) is 30.2 Å². The molecule has 0 unspecified atom stereocenters. The number of hydrogen-bond donors (Lipinski definition) is 1. The highest BCUT2D eigenvalue weighted by Crippen LogP contribution is 2.61. The number of esters is 1. The zero-order valence-electron chi connectivity index (χ0n) is 17.7. The number of ether oxygens (including phenoxy) is 1. The van der Waals surface area contributed by atoms with Crippen LogP contribution >= 0.6 is 11.6 Å². The van der Waals surface area contributed by atoms with Crippen molar-refractivity contribution in [2.45, 2.75) is 24.4 Å². The predicted molar refractivity (Wildman–Crippen MR) is 119 cm³/mol. The number of fused-ring (bicyclic) bond motifs is 7. The van der Waals surface area contributed by atoms with Crippen LogP contribution in [0.3, 0.4) is 0 Å². The Morgan fingerprint density at radius 2 is 1.94 bits per heavy atom. The molecule has 1 spiro atoms. The number of amides is 3. The minimum absolute atomic E-state index is 0.123. The van der Waals surface area contributed by atoms with Crippen molar-refractivity contribution in [3.05, 3.63) is 58.6 Å². The number of para-hydroxylation sites is 1. The van der Waals surface area contributed by atoms with E-state index in [-0.39, 0.29) is 23.2 Å². The molecule has 2 aromatic rings. The molecule has 6 rings (SSSR count). The second kappa shape index (κ2) is 6.88. The van der Waals surface area contributed by atoms with Crippen molar-refractivity contribution < 1.29 is 23.9 Å². The monoisotopic (exact) mass is 465 g/mol. The van der Waals surface area contributed by atoms with Crippen LogP contribution < -0.4 is 10.2 Å². The Morgan fingerprint density at radius 1 is 1.15 bits per heavy atom. The number of carbonyl (C=O) groups is 4. The van der Waals surface area contributed by atoms with E-state index in [0.29, 0.717) is 29.2 Å². The van der Waals surface area contributed by atoms with Crippen LogP contribution in [0.2, 0.25) is 5.02 Å². The quantitative estimate of drug-likeness (QED) is 0.541. The van der Waals surface area contributed by atoms with Crippen molar-refractivity contribution in [2.75, 3.05) is 23.9 Å². The van der Waals surface area contributed by atoms with Crippen LogP contribution in [0, 0.1) is 11.8 Å². The molecular formula is C24H20ClN3O5. The lowest BCUT2D eigenvalue weighted by Gasteiger charge is -2.36. The smallest absolute Gasteiger partial charge is 0.339 e. The summed E-state index contributed by atoms with van der Waals surface area (Å²) in [5.74, 6) is -3.45. The minimum Gasteiger partial charge on any atom is -0.465 e. The Morgan fingerprint density at radius 3 is 2.73 bits per heavy atom. The van der Waals surface area contributed by atoms with E-state index in [9.17, 15) is 19.2 Å². The van der Waals surface area contributed by atoms with Gasteiger partial charge in [-0.25, -0.2) is 9.69 Å². The number of methoxy groups -OCH3 is 1. The highest BCUT2D eigenvalue weighted by molar-refractivity contribution is 6.31. The van der Waals surface area contributed by atoms with E-state index >= 15 is 0 Å². The number of hydrogen-bond acceptors (Lipinski definition) is 6. The van der Waals surface area contributed by atoms with Crippen LogP contribution in [0.15, 0.2) is 42.5 Å². The molecule has 4 aliphatic rings. The molecule has 0 bridgehead atoms. The van der Waals surface area contributed by atoms with Crippen molar-refractivity contribution in [3.63, 3.8) is 0 Å². The van der Waals surface area contributed by atoms with Gasteiger partial charge in [-0.05, 0) is 49.7 Å². The Hall–Kier alpha value is -3.23. The Bertz CT molecular complexity index is 1260. The van der Waals surface area contributed by atoms with Gasteiger partial charge in [-0.3, -0.25) is 19.3 Å². The summed E-state index contributed by atoms with van der Waals surface area (Å²) in [6, 6.07) is 11.3. The van der Waals surface area contributed by atoms with Crippen LogP contribution in [-0.2, 0) is 24.7 Å². The maximum Gasteiger partial charge on any atom is 0.339 e. The molecule has 4 aliphatic heterocycles.